The summed E-state index contributed by atoms with van der Waals surface area (Å²) < 4.78 is 27.4. The normalized spacial score (nSPS) is 30.8. The zero-order chi connectivity index (χ0) is 13.6. The van der Waals surface area contributed by atoms with Crippen molar-refractivity contribution in [3.63, 3.8) is 0 Å². The maximum atomic E-state index is 13.8. The number of hydrogen-bond acceptors (Lipinski definition) is 1. The molecule has 0 radical (unpaired) electrons. The Morgan fingerprint density at radius 3 is 2.63 bits per heavy atom. The molecule has 1 aromatic carbocycles. The molecule has 2 aliphatic carbocycles. The third kappa shape index (κ3) is 2.29. The summed E-state index contributed by atoms with van der Waals surface area (Å²) >= 11 is 0. The van der Waals surface area contributed by atoms with E-state index in [1.54, 1.807) is 0 Å². The standard InChI is InChI=1S/C16H20F2O/c1-9-2-5-13(16(18)15(9)17)14(19)8-12-7-10-3-4-11(12)6-10/h2,5,10-12,14,19H,3-4,6-8H2,1H3. The molecule has 2 aliphatic rings. The van der Waals surface area contributed by atoms with Gasteiger partial charge in [0, 0.05) is 5.56 Å². The molecular formula is C16H20F2O. The van der Waals surface area contributed by atoms with E-state index in [1.165, 1.54) is 38.3 Å². The first-order valence-electron chi connectivity index (χ1n) is 7.18. The lowest BCUT2D eigenvalue weighted by molar-refractivity contribution is 0.121. The highest BCUT2D eigenvalue weighted by Gasteiger charge is 2.40. The van der Waals surface area contributed by atoms with Gasteiger partial charge in [0.1, 0.15) is 0 Å². The van der Waals surface area contributed by atoms with Gasteiger partial charge in [-0.25, -0.2) is 8.78 Å². The summed E-state index contributed by atoms with van der Waals surface area (Å²) in [6.07, 6.45) is 4.66. The van der Waals surface area contributed by atoms with Crippen LogP contribution in [0.1, 0.15) is 49.3 Å². The SMILES string of the molecule is Cc1ccc(C(O)CC2CC3CCC2C3)c(F)c1F. The van der Waals surface area contributed by atoms with Crippen LogP contribution in [-0.4, -0.2) is 5.11 Å². The molecule has 4 atom stereocenters. The predicted molar refractivity (Wildman–Crippen MR) is 69.6 cm³/mol. The minimum atomic E-state index is -0.879. The van der Waals surface area contributed by atoms with E-state index in [4.69, 9.17) is 0 Å². The number of rotatable bonds is 3. The van der Waals surface area contributed by atoms with Gasteiger partial charge in [-0.05, 0) is 55.9 Å². The maximum Gasteiger partial charge on any atom is 0.164 e. The average molecular weight is 266 g/mol. The molecule has 104 valence electrons. The quantitative estimate of drug-likeness (QED) is 0.872. The summed E-state index contributed by atoms with van der Waals surface area (Å²) in [6.45, 7) is 1.53. The van der Waals surface area contributed by atoms with Gasteiger partial charge in [0.25, 0.3) is 0 Å². The Hall–Kier alpha value is -0.960. The molecule has 2 fully saturated rings. The fraction of sp³-hybridized carbons (Fsp3) is 0.625. The Morgan fingerprint density at radius 1 is 1.21 bits per heavy atom. The molecule has 3 rings (SSSR count). The number of halogens is 2. The molecule has 1 nitrogen and oxygen atoms in total. The first-order chi connectivity index (χ1) is 9.06. The van der Waals surface area contributed by atoms with E-state index in [9.17, 15) is 13.9 Å². The second-order valence-corrected chi connectivity index (χ2v) is 6.29. The fourth-order valence-corrected chi connectivity index (χ4v) is 4.00. The number of aliphatic hydroxyl groups is 1. The second-order valence-electron chi connectivity index (χ2n) is 6.29. The third-order valence-electron chi connectivity index (χ3n) is 5.07. The van der Waals surface area contributed by atoms with Crippen molar-refractivity contribution in [2.75, 3.05) is 0 Å². The number of aryl methyl sites for hydroxylation is 1. The molecule has 0 aromatic heterocycles. The topological polar surface area (TPSA) is 20.2 Å². The van der Waals surface area contributed by atoms with Crippen LogP contribution in [0.2, 0.25) is 0 Å². The Kier molecular flexibility index (Phi) is 3.34. The molecule has 1 N–H and O–H groups in total. The summed E-state index contributed by atoms with van der Waals surface area (Å²) in [5, 5.41) is 10.2. The van der Waals surface area contributed by atoms with Gasteiger partial charge in [-0.2, -0.15) is 0 Å². The van der Waals surface area contributed by atoms with Gasteiger partial charge in [0.05, 0.1) is 6.10 Å². The van der Waals surface area contributed by atoms with Crippen molar-refractivity contribution in [2.24, 2.45) is 17.8 Å². The first-order valence-corrected chi connectivity index (χ1v) is 7.18. The third-order valence-corrected chi connectivity index (χ3v) is 5.07. The van der Waals surface area contributed by atoms with E-state index in [1.807, 2.05) is 0 Å². The molecule has 2 saturated carbocycles. The molecule has 0 heterocycles. The Labute approximate surface area is 112 Å². The monoisotopic (exact) mass is 266 g/mol. The zero-order valence-electron chi connectivity index (χ0n) is 11.2. The van der Waals surface area contributed by atoms with Crippen molar-refractivity contribution in [2.45, 2.75) is 45.1 Å². The number of hydrogen-bond donors (Lipinski definition) is 1. The Bertz CT molecular complexity index is 486. The van der Waals surface area contributed by atoms with Gasteiger partial charge in [-0.3, -0.25) is 0 Å². The molecular weight excluding hydrogens is 246 g/mol. The molecule has 0 aliphatic heterocycles. The van der Waals surface area contributed by atoms with E-state index in [0.29, 0.717) is 18.3 Å². The van der Waals surface area contributed by atoms with Crippen LogP contribution in [0.15, 0.2) is 12.1 Å². The van der Waals surface area contributed by atoms with Crippen LogP contribution in [0.5, 0.6) is 0 Å². The van der Waals surface area contributed by atoms with Gasteiger partial charge in [0.15, 0.2) is 11.6 Å². The van der Waals surface area contributed by atoms with E-state index in [-0.39, 0.29) is 11.1 Å². The largest absolute Gasteiger partial charge is 0.388 e. The Morgan fingerprint density at radius 2 is 2.00 bits per heavy atom. The van der Waals surface area contributed by atoms with Crippen molar-refractivity contribution in [1.82, 2.24) is 0 Å². The highest BCUT2D eigenvalue weighted by Crippen LogP contribution is 2.51. The van der Waals surface area contributed by atoms with Crippen molar-refractivity contribution < 1.29 is 13.9 Å². The lowest BCUT2D eigenvalue weighted by Crippen LogP contribution is -2.15. The van der Waals surface area contributed by atoms with Gasteiger partial charge in [-0.15, -0.1) is 0 Å². The maximum absolute atomic E-state index is 13.8. The van der Waals surface area contributed by atoms with Crippen LogP contribution in [0.25, 0.3) is 0 Å². The van der Waals surface area contributed by atoms with Crippen LogP contribution in [0.3, 0.4) is 0 Å². The van der Waals surface area contributed by atoms with Crippen molar-refractivity contribution in [3.05, 3.63) is 34.9 Å². The lowest BCUT2D eigenvalue weighted by Gasteiger charge is -2.24. The van der Waals surface area contributed by atoms with Crippen molar-refractivity contribution in [1.29, 1.82) is 0 Å². The van der Waals surface area contributed by atoms with E-state index < -0.39 is 17.7 Å². The molecule has 0 amide bonds. The molecule has 3 heteroatoms. The number of fused-ring (bicyclic) bond motifs is 2. The summed E-state index contributed by atoms with van der Waals surface area (Å²) in [5.41, 5.74) is 0.402. The second kappa shape index (κ2) is 4.86. The van der Waals surface area contributed by atoms with E-state index in [0.717, 1.165) is 12.3 Å². The van der Waals surface area contributed by atoms with Crippen molar-refractivity contribution >= 4 is 0 Å². The van der Waals surface area contributed by atoms with Gasteiger partial charge < -0.3 is 5.11 Å². The van der Waals surface area contributed by atoms with Crippen LogP contribution in [0.4, 0.5) is 8.78 Å². The molecule has 1 aromatic rings. The first kappa shape index (κ1) is 13.0. The van der Waals surface area contributed by atoms with Crippen LogP contribution < -0.4 is 0 Å². The van der Waals surface area contributed by atoms with Crippen LogP contribution in [0, 0.1) is 36.3 Å². The molecule has 2 bridgehead atoms. The van der Waals surface area contributed by atoms with E-state index in [2.05, 4.69) is 0 Å². The molecule has 19 heavy (non-hydrogen) atoms. The summed E-state index contributed by atoms with van der Waals surface area (Å²) in [7, 11) is 0. The summed E-state index contributed by atoms with van der Waals surface area (Å²) in [4.78, 5) is 0. The van der Waals surface area contributed by atoms with Gasteiger partial charge in [-0.1, -0.05) is 18.6 Å². The summed E-state index contributed by atoms with van der Waals surface area (Å²) in [6, 6.07) is 3.06. The lowest BCUT2D eigenvalue weighted by atomic mass is 9.83. The predicted octanol–water partition coefficient (Wildman–Crippen LogP) is 4.13. The van der Waals surface area contributed by atoms with Gasteiger partial charge in [0.2, 0.25) is 0 Å². The van der Waals surface area contributed by atoms with Crippen molar-refractivity contribution in [3.8, 4) is 0 Å². The number of aliphatic hydroxyl groups excluding tert-OH is 1. The molecule has 0 saturated heterocycles. The molecule has 0 spiro atoms. The average Bonchev–Trinajstić information content (AvgIpc) is 2.98. The number of benzene rings is 1. The van der Waals surface area contributed by atoms with Crippen LogP contribution in [-0.2, 0) is 0 Å². The summed E-state index contributed by atoms with van der Waals surface area (Å²) in [5.74, 6) is 0.275. The van der Waals surface area contributed by atoms with E-state index >= 15 is 0 Å². The van der Waals surface area contributed by atoms with Gasteiger partial charge >= 0.3 is 0 Å². The minimum absolute atomic E-state index is 0.117. The zero-order valence-corrected chi connectivity index (χ0v) is 11.2. The van der Waals surface area contributed by atoms with Crippen LogP contribution >= 0.6 is 0 Å². The molecule has 4 unspecified atom stereocenters. The minimum Gasteiger partial charge on any atom is -0.388 e. The Balaban J connectivity index is 1.74. The fourth-order valence-electron chi connectivity index (χ4n) is 4.00. The highest BCUT2D eigenvalue weighted by molar-refractivity contribution is 5.27. The highest BCUT2D eigenvalue weighted by atomic mass is 19.2. The smallest absolute Gasteiger partial charge is 0.164 e.